The summed E-state index contributed by atoms with van der Waals surface area (Å²) < 4.78 is 5.16. The minimum Gasteiger partial charge on any atom is -0.480 e. The Balaban J connectivity index is 2.77. The molecule has 0 aromatic carbocycles. The molecular weight excluding hydrogens is 270 g/mol. The molecule has 21 heavy (non-hydrogen) atoms. The second-order valence-electron chi connectivity index (χ2n) is 6.68. The summed E-state index contributed by atoms with van der Waals surface area (Å²) in [6, 6.07) is -0.967. The van der Waals surface area contributed by atoms with Crippen LogP contribution in [0.3, 0.4) is 0 Å². The molecule has 2 N–H and O–H groups in total. The van der Waals surface area contributed by atoms with Gasteiger partial charge in [0, 0.05) is 5.92 Å². The maximum Gasteiger partial charge on any atom is 0.408 e. The van der Waals surface area contributed by atoms with Crippen LogP contribution in [0.5, 0.6) is 0 Å². The molecule has 0 saturated heterocycles. The first kappa shape index (κ1) is 17.5. The molecule has 0 spiro atoms. The van der Waals surface area contributed by atoms with Gasteiger partial charge in [-0.1, -0.05) is 31.4 Å². The Kier molecular flexibility index (Phi) is 6.24. The number of alkyl carbamates (subject to hydrolysis) is 1. The van der Waals surface area contributed by atoms with E-state index in [0.29, 0.717) is 0 Å². The number of hydrogen-bond donors (Lipinski definition) is 2. The predicted octanol–water partition coefficient (Wildman–Crippen LogP) is 3.49. The maximum atomic E-state index is 11.9. The molecule has 1 rings (SSSR count). The van der Waals surface area contributed by atoms with Gasteiger partial charge in [0.15, 0.2) is 0 Å². The second-order valence-corrected chi connectivity index (χ2v) is 6.68. The third-order valence-electron chi connectivity index (χ3n) is 3.63. The molecule has 5 heteroatoms. The fourth-order valence-corrected chi connectivity index (χ4v) is 2.63. The number of aliphatic carboxylic acids is 1. The molecule has 120 valence electrons. The van der Waals surface area contributed by atoms with Crippen molar-refractivity contribution < 1.29 is 19.4 Å². The van der Waals surface area contributed by atoms with Crippen molar-refractivity contribution in [2.24, 2.45) is 5.92 Å². The average Bonchev–Trinajstić information content (AvgIpc) is 2.30. The zero-order valence-corrected chi connectivity index (χ0v) is 13.3. The van der Waals surface area contributed by atoms with Gasteiger partial charge in [-0.05, 0) is 40.0 Å². The second kappa shape index (κ2) is 7.48. The van der Waals surface area contributed by atoms with E-state index < -0.39 is 23.7 Å². The lowest BCUT2D eigenvalue weighted by Crippen LogP contribution is -2.48. The summed E-state index contributed by atoms with van der Waals surface area (Å²) in [6.45, 7) is 9.27. The number of ether oxygens (including phenoxy) is 1. The van der Waals surface area contributed by atoms with Gasteiger partial charge in [0.2, 0.25) is 0 Å². The van der Waals surface area contributed by atoms with Gasteiger partial charge in [-0.2, -0.15) is 0 Å². The minimum absolute atomic E-state index is 0.227. The fraction of sp³-hybridized carbons (Fsp3) is 0.750. The molecule has 0 aromatic heterocycles. The largest absolute Gasteiger partial charge is 0.480 e. The quantitative estimate of drug-likeness (QED) is 0.782. The van der Waals surface area contributed by atoms with Gasteiger partial charge in [-0.3, -0.25) is 0 Å². The highest BCUT2D eigenvalue weighted by Crippen LogP contribution is 2.29. The van der Waals surface area contributed by atoms with Gasteiger partial charge in [0.05, 0.1) is 0 Å². The maximum absolute atomic E-state index is 11.9. The Morgan fingerprint density at radius 3 is 2.48 bits per heavy atom. The number of carbonyl (C=O) groups excluding carboxylic acids is 1. The average molecular weight is 297 g/mol. The summed E-state index contributed by atoms with van der Waals surface area (Å²) in [5.41, 5.74) is 0.267. The van der Waals surface area contributed by atoms with E-state index in [1.54, 1.807) is 20.8 Å². The van der Waals surface area contributed by atoms with E-state index in [-0.39, 0.29) is 5.92 Å². The van der Waals surface area contributed by atoms with Crippen LogP contribution in [-0.4, -0.2) is 28.8 Å². The minimum atomic E-state index is -1.03. The van der Waals surface area contributed by atoms with Crippen LogP contribution >= 0.6 is 0 Å². The first-order chi connectivity index (χ1) is 9.70. The Morgan fingerprint density at radius 2 is 1.90 bits per heavy atom. The summed E-state index contributed by atoms with van der Waals surface area (Å²) >= 11 is 0. The molecular formula is C16H27NO4. The van der Waals surface area contributed by atoms with Crippen LogP contribution in [0.2, 0.25) is 0 Å². The van der Waals surface area contributed by atoms with E-state index in [9.17, 15) is 14.7 Å². The zero-order chi connectivity index (χ0) is 16.0. The van der Waals surface area contributed by atoms with Gasteiger partial charge < -0.3 is 15.2 Å². The number of rotatable bonds is 3. The van der Waals surface area contributed by atoms with Gasteiger partial charge in [0.1, 0.15) is 11.6 Å². The molecule has 1 saturated carbocycles. The molecule has 5 nitrogen and oxygen atoms in total. The Labute approximate surface area is 126 Å². The lowest BCUT2D eigenvalue weighted by Gasteiger charge is -2.29. The van der Waals surface area contributed by atoms with E-state index in [0.717, 1.165) is 44.1 Å². The molecule has 0 aromatic rings. The van der Waals surface area contributed by atoms with E-state index in [2.05, 4.69) is 11.9 Å². The van der Waals surface area contributed by atoms with Gasteiger partial charge in [0.25, 0.3) is 0 Å². The van der Waals surface area contributed by atoms with Crippen LogP contribution in [0, 0.1) is 5.92 Å². The molecule has 1 aliphatic rings. The van der Waals surface area contributed by atoms with E-state index in [1.807, 2.05) is 0 Å². The third kappa shape index (κ3) is 6.19. The van der Waals surface area contributed by atoms with Crippen molar-refractivity contribution in [3.8, 4) is 0 Å². The highest BCUT2D eigenvalue weighted by atomic mass is 16.6. The van der Waals surface area contributed by atoms with Crippen molar-refractivity contribution in [3.05, 3.63) is 12.2 Å². The van der Waals surface area contributed by atoms with Crippen molar-refractivity contribution >= 4 is 12.1 Å². The standard InChI is InChI=1S/C16H27NO4/c1-11-9-7-5-6-8-10-12(11)13(14(18)19)17-15(20)21-16(2,3)4/h12-13H,1,5-10H2,2-4H3,(H,17,20)(H,18,19)/t12-,13+/m1/s1. The first-order valence-electron chi connectivity index (χ1n) is 7.60. The summed E-state index contributed by atoms with van der Waals surface area (Å²) in [5, 5.41) is 11.9. The predicted molar refractivity (Wildman–Crippen MR) is 81.1 cm³/mol. The Bertz CT molecular complexity index is 398. The van der Waals surface area contributed by atoms with Crippen molar-refractivity contribution in [1.29, 1.82) is 0 Å². The molecule has 1 amide bonds. The van der Waals surface area contributed by atoms with Crippen LogP contribution in [0.4, 0.5) is 4.79 Å². The number of amides is 1. The molecule has 1 aliphatic carbocycles. The van der Waals surface area contributed by atoms with Crippen molar-refractivity contribution in [1.82, 2.24) is 5.32 Å². The lowest BCUT2D eigenvalue weighted by atomic mass is 9.82. The number of hydrogen-bond acceptors (Lipinski definition) is 3. The highest BCUT2D eigenvalue weighted by molar-refractivity contribution is 5.80. The SMILES string of the molecule is C=C1CCCCCC[C@H]1[C@H](NC(=O)OC(C)(C)C)C(=O)O. The molecule has 0 bridgehead atoms. The fourth-order valence-electron chi connectivity index (χ4n) is 2.63. The summed E-state index contributed by atoms with van der Waals surface area (Å²) in [5.74, 6) is -1.26. The van der Waals surface area contributed by atoms with Gasteiger partial charge in [-0.25, -0.2) is 9.59 Å². The van der Waals surface area contributed by atoms with Crippen LogP contribution in [0.1, 0.15) is 59.3 Å². The third-order valence-corrected chi connectivity index (χ3v) is 3.63. The molecule has 2 atom stereocenters. The molecule has 0 unspecified atom stereocenters. The van der Waals surface area contributed by atoms with E-state index in [1.165, 1.54) is 0 Å². The van der Waals surface area contributed by atoms with Gasteiger partial charge >= 0.3 is 12.1 Å². The number of carboxylic acid groups (broad SMARTS) is 1. The van der Waals surface area contributed by atoms with Crippen LogP contribution in [-0.2, 0) is 9.53 Å². The van der Waals surface area contributed by atoms with Crippen LogP contribution < -0.4 is 5.32 Å². The van der Waals surface area contributed by atoms with E-state index >= 15 is 0 Å². The van der Waals surface area contributed by atoms with Gasteiger partial charge in [-0.15, -0.1) is 0 Å². The number of carboxylic acids is 1. The highest BCUT2D eigenvalue weighted by Gasteiger charge is 2.33. The summed E-state index contributed by atoms with van der Waals surface area (Å²) in [4.78, 5) is 23.4. The molecule has 0 heterocycles. The lowest BCUT2D eigenvalue weighted by molar-refractivity contribution is -0.140. The topological polar surface area (TPSA) is 75.6 Å². The first-order valence-corrected chi connectivity index (χ1v) is 7.60. The molecule has 0 radical (unpaired) electrons. The van der Waals surface area contributed by atoms with E-state index in [4.69, 9.17) is 4.74 Å². The van der Waals surface area contributed by atoms with Crippen molar-refractivity contribution in [2.75, 3.05) is 0 Å². The number of carbonyl (C=O) groups is 2. The Hall–Kier alpha value is -1.52. The van der Waals surface area contributed by atoms with Crippen LogP contribution in [0.25, 0.3) is 0 Å². The Morgan fingerprint density at radius 1 is 1.29 bits per heavy atom. The number of nitrogens with one attached hydrogen (secondary N) is 1. The summed E-state index contributed by atoms with van der Waals surface area (Å²) in [7, 11) is 0. The monoisotopic (exact) mass is 297 g/mol. The van der Waals surface area contributed by atoms with Crippen LogP contribution in [0.15, 0.2) is 12.2 Å². The normalized spacial score (nSPS) is 21.9. The van der Waals surface area contributed by atoms with Crippen molar-refractivity contribution in [3.63, 3.8) is 0 Å². The molecule has 0 aliphatic heterocycles. The van der Waals surface area contributed by atoms with Crippen molar-refractivity contribution in [2.45, 2.75) is 70.9 Å². The summed E-state index contributed by atoms with van der Waals surface area (Å²) in [6.07, 6.45) is 5.13. The smallest absolute Gasteiger partial charge is 0.408 e. The molecule has 1 fully saturated rings. The zero-order valence-electron chi connectivity index (χ0n) is 13.3.